The monoisotopic (exact) mass is 399 g/mol. The van der Waals surface area contributed by atoms with Gasteiger partial charge in [-0.3, -0.25) is 14.6 Å². The molecule has 0 unspecified atom stereocenters. The molecule has 0 saturated heterocycles. The number of nitrogens with zero attached hydrogens (tertiary/aromatic N) is 1. The minimum atomic E-state index is -0.505. The number of hydrogen-bond donors (Lipinski definition) is 2. The fourth-order valence-electron chi connectivity index (χ4n) is 3.30. The maximum absolute atomic E-state index is 12.0. The predicted molar refractivity (Wildman–Crippen MR) is 119 cm³/mol. The molecule has 30 heavy (non-hydrogen) atoms. The van der Waals surface area contributed by atoms with Crippen LogP contribution in [-0.4, -0.2) is 18.6 Å². The standard InChI is InChI=1S/C24H21N3O3/c1-30-20-7-3-6-18(15-20)17-5-2-4-16(14-17)8-13-26-21-22(24(29)23(21)28)27-19-9-11-25-12-10-19/h2-7,9-12,14-15,26H,8,13H2,1H3,(H,25,27). The van der Waals surface area contributed by atoms with Gasteiger partial charge in [0.25, 0.3) is 10.9 Å². The van der Waals surface area contributed by atoms with Gasteiger partial charge in [-0.2, -0.15) is 0 Å². The highest BCUT2D eigenvalue weighted by Crippen LogP contribution is 2.25. The van der Waals surface area contributed by atoms with E-state index < -0.39 is 10.9 Å². The lowest BCUT2D eigenvalue weighted by atomic mass is 10.0. The summed E-state index contributed by atoms with van der Waals surface area (Å²) < 4.78 is 5.30. The van der Waals surface area contributed by atoms with Gasteiger partial charge in [0.05, 0.1) is 7.11 Å². The lowest BCUT2D eigenvalue weighted by molar-refractivity contribution is 0.415. The summed E-state index contributed by atoms with van der Waals surface area (Å²) in [6.07, 6.45) is 3.96. The molecular weight excluding hydrogens is 378 g/mol. The smallest absolute Gasteiger partial charge is 0.253 e. The molecule has 0 spiro atoms. The second-order valence-corrected chi connectivity index (χ2v) is 6.88. The average molecular weight is 399 g/mol. The first kappa shape index (κ1) is 19.4. The van der Waals surface area contributed by atoms with Crippen LogP contribution in [0.5, 0.6) is 5.75 Å². The van der Waals surface area contributed by atoms with Gasteiger partial charge >= 0.3 is 0 Å². The van der Waals surface area contributed by atoms with Crippen LogP contribution in [0.15, 0.2) is 82.6 Å². The lowest BCUT2D eigenvalue weighted by Gasteiger charge is -2.15. The van der Waals surface area contributed by atoms with Crippen molar-refractivity contribution in [1.29, 1.82) is 0 Å². The van der Waals surface area contributed by atoms with Crippen LogP contribution >= 0.6 is 0 Å². The van der Waals surface area contributed by atoms with Crippen molar-refractivity contribution in [3.63, 3.8) is 0 Å². The minimum absolute atomic E-state index is 0.302. The number of hydrogen-bond acceptors (Lipinski definition) is 6. The van der Waals surface area contributed by atoms with Gasteiger partial charge in [0.15, 0.2) is 0 Å². The number of methoxy groups -OCH3 is 1. The van der Waals surface area contributed by atoms with Crippen LogP contribution < -0.4 is 26.2 Å². The third-order valence-electron chi connectivity index (χ3n) is 4.91. The largest absolute Gasteiger partial charge is 0.497 e. The molecule has 3 aromatic carbocycles. The number of nitrogens with one attached hydrogen (secondary N) is 2. The Balaban J connectivity index is 1.42. The molecule has 0 saturated carbocycles. The lowest BCUT2D eigenvalue weighted by Crippen LogP contribution is -2.37. The summed E-state index contributed by atoms with van der Waals surface area (Å²) >= 11 is 0. The number of anilines is 3. The van der Waals surface area contributed by atoms with Gasteiger partial charge in [-0.15, -0.1) is 0 Å². The Bertz CT molecular complexity index is 1230. The molecule has 1 aromatic heterocycles. The SMILES string of the molecule is COc1cccc(-c2cccc(CCNc3c(Nc4ccncc4)c(=O)c3=O)c2)c1. The molecule has 0 bridgehead atoms. The summed E-state index contributed by atoms with van der Waals surface area (Å²) in [4.78, 5) is 27.8. The van der Waals surface area contributed by atoms with Gasteiger partial charge in [-0.1, -0.05) is 36.4 Å². The van der Waals surface area contributed by atoms with Crippen LogP contribution in [0.4, 0.5) is 17.1 Å². The first-order valence-corrected chi connectivity index (χ1v) is 9.63. The normalized spacial score (nSPS) is 10.7. The topological polar surface area (TPSA) is 80.3 Å². The summed E-state index contributed by atoms with van der Waals surface area (Å²) in [6.45, 7) is 0.539. The van der Waals surface area contributed by atoms with Gasteiger partial charge in [-0.25, -0.2) is 0 Å². The molecule has 2 N–H and O–H groups in total. The van der Waals surface area contributed by atoms with Crippen molar-refractivity contribution in [1.82, 2.24) is 4.98 Å². The molecule has 0 fully saturated rings. The van der Waals surface area contributed by atoms with E-state index in [1.807, 2.05) is 36.4 Å². The Hall–Kier alpha value is -3.93. The summed E-state index contributed by atoms with van der Waals surface area (Å²) in [5.74, 6) is 0.814. The molecule has 6 heteroatoms. The summed E-state index contributed by atoms with van der Waals surface area (Å²) in [7, 11) is 1.65. The van der Waals surface area contributed by atoms with E-state index in [2.05, 4.69) is 27.8 Å². The molecule has 0 radical (unpaired) electrons. The molecule has 6 nitrogen and oxygen atoms in total. The van der Waals surface area contributed by atoms with Gasteiger partial charge in [0.2, 0.25) is 0 Å². The third-order valence-corrected chi connectivity index (χ3v) is 4.91. The Labute approximate surface area is 173 Å². The summed E-state index contributed by atoms with van der Waals surface area (Å²) in [5.41, 5.74) is 3.66. The average Bonchev–Trinajstić information content (AvgIpc) is 2.81. The molecular formula is C24H21N3O3. The number of pyridine rings is 1. The van der Waals surface area contributed by atoms with Crippen molar-refractivity contribution < 1.29 is 4.74 Å². The molecule has 4 rings (SSSR count). The Morgan fingerprint density at radius 2 is 1.57 bits per heavy atom. The molecule has 4 aromatic rings. The van der Waals surface area contributed by atoms with Crippen LogP contribution in [0.3, 0.4) is 0 Å². The highest BCUT2D eigenvalue weighted by Gasteiger charge is 2.20. The third kappa shape index (κ3) is 4.07. The van der Waals surface area contributed by atoms with Crippen LogP contribution in [0.1, 0.15) is 5.56 Å². The molecule has 150 valence electrons. The molecule has 0 atom stereocenters. The first-order chi connectivity index (χ1) is 14.7. The molecule has 0 aliphatic heterocycles. The van der Waals surface area contributed by atoms with Gasteiger partial charge < -0.3 is 15.4 Å². The van der Waals surface area contributed by atoms with Crippen molar-refractivity contribution in [3.05, 3.63) is 99.1 Å². The zero-order valence-electron chi connectivity index (χ0n) is 16.5. The Kier molecular flexibility index (Phi) is 5.57. The van der Waals surface area contributed by atoms with Crippen LogP contribution in [0.2, 0.25) is 0 Å². The Morgan fingerprint density at radius 1 is 0.867 bits per heavy atom. The number of benzene rings is 2. The maximum atomic E-state index is 12.0. The van der Waals surface area contributed by atoms with Crippen molar-refractivity contribution in [2.24, 2.45) is 0 Å². The van der Waals surface area contributed by atoms with Gasteiger partial charge in [-0.05, 0) is 47.4 Å². The maximum Gasteiger partial charge on any atom is 0.253 e. The highest BCUT2D eigenvalue weighted by atomic mass is 16.5. The van der Waals surface area contributed by atoms with Gasteiger partial charge in [0.1, 0.15) is 17.1 Å². The van der Waals surface area contributed by atoms with E-state index in [4.69, 9.17) is 4.74 Å². The van der Waals surface area contributed by atoms with Crippen molar-refractivity contribution >= 4 is 17.1 Å². The second kappa shape index (κ2) is 8.61. The second-order valence-electron chi connectivity index (χ2n) is 6.88. The number of ether oxygens (including phenoxy) is 1. The van der Waals surface area contributed by atoms with Crippen molar-refractivity contribution in [2.75, 3.05) is 24.3 Å². The molecule has 0 aliphatic rings. The zero-order chi connectivity index (χ0) is 20.9. The minimum Gasteiger partial charge on any atom is -0.497 e. The molecule has 0 amide bonds. The van der Waals surface area contributed by atoms with E-state index in [-0.39, 0.29) is 0 Å². The van der Waals surface area contributed by atoms with Crippen LogP contribution in [-0.2, 0) is 6.42 Å². The van der Waals surface area contributed by atoms with Gasteiger partial charge in [0, 0.05) is 24.6 Å². The molecule has 0 aliphatic carbocycles. The van der Waals surface area contributed by atoms with E-state index in [9.17, 15) is 9.59 Å². The highest BCUT2D eigenvalue weighted by molar-refractivity contribution is 5.78. The van der Waals surface area contributed by atoms with Crippen molar-refractivity contribution in [3.8, 4) is 16.9 Å². The van der Waals surface area contributed by atoms with Crippen LogP contribution in [0.25, 0.3) is 11.1 Å². The molecule has 1 heterocycles. The van der Waals surface area contributed by atoms with E-state index in [0.717, 1.165) is 22.4 Å². The van der Waals surface area contributed by atoms with Crippen molar-refractivity contribution in [2.45, 2.75) is 6.42 Å². The summed E-state index contributed by atoms with van der Waals surface area (Å²) in [5, 5.41) is 6.10. The summed E-state index contributed by atoms with van der Waals surface area (Å²) in [6, 6.07) is 19.6. The van der Waals surface area contributed by atoms with E-state index >= 15 is 0 Å². The van der Waals surface area contributed by atoms with E-state index in [1.165, 1.54) is 0 Å². The first-order valence-electron chi connectivity index (χ1n) is 9.63. The Morgan fingerprint density at radius 3 is 2.33 bits per heavy atom. The zero-order valence-corrected chi connectivity index (χ0v) is 16.5. The fraction of sp³-hybridized carbons (Fsp3) is 0.125. The van der Waals surface area contributed by atoms with E-state index in [1.54, 1.807) is 31.6 Å². The quantitative estimate of drug-likeness (QED) is 0.439. The fourth-order valence-corrected chi connectivity index (χ4v) is 3.30. The number of aromatic nitrogens is 1. The van der Waals surface area contributed by atoms with E-state index in [0.29, 0.717) is 30.0 Å². The predicted octanol–water partition coefficient (Wildman–Crippen LogP) is 3.75. The van der Waals surface area contributed by atoms with Crippen LogP contribution in [0, 0.1) is 0 Å². The number of rotatable bonds is 8.